The topological polar surface area (TPSA) is 21.6 Å². The normalized spacial score (nSPS) is 30.1. The summed E-state index contributed by atoms with van der Waals surface area (Å²) in [5.74, 6) is 0.981. The summed E-state index contributed by atoms with van der Waals surface area (Å²) >= 11 is 0. The molecule has 1 unspecified atom stereocenters. The zero-order chi connectivity index (χ0) is 10.0. The molecule has 1 aliphatic heterocycles. The highest BCUT2D eigenvalue weighted by atomic mass is 16.5. The van der Waals surface area contributed by atoms with Crippen molar-refractivity contribution in [2.45, 2.75) is 45.1 Å². The minimum atomic E-state index is -0.185. The van der Waals surface area contributed by atoms with Crippen molar-refractivity contribution in [1.82, 2.24) is 0 Å². The third kappa shape index (κ3) is 1.74. The van der Waals surface area contributed by atoms with Gasteiger partial charge in [0.1, 0.15) is 17.1 Å². The summed E-state index contributed by atoms with van der Waals surface area (Å²) in [6.45, 7) is 4.27. The molecule has 76 valence electrons. The summed E-state index contributed by atoms with van der Waals surface area (Å²) in [4.78, 5) is 4.47. The summed E-state index contributed by atoms with van der Waals surface area (Å²) in [6, 6.07) is 0. The maximum atomic E-state index is 5.96. The Balaban J connectivity index is 2.22. The molecule has 2 nitrogen and oxygen atoms in total. The molecular formula is C12H17NO. The van der Waals surface area contributed by atoms with Crippen LogP contribution < -0.4 is 0 Å². The van der Waals surface area contributed by atoms with Gasteiger partial charge in [-0.25, -0.2) is 0 Å². The van der Waals surface area contributed by atoms with E-state index in [-0.39, 0.29) is 5.60 Å². The molecule has 2 heteroatoms. The molecule has 1 heterocycles. The van der Waals surface area contributed by atoms with E-state index in [0.717, 1.165) is 37.1 Å². The first-order valence-corrected chi connectivity index (χ1v) is 5.38. The maximum absolute atomic E-state index is 5.96. The van der Waals surface area contributed by atoms with Crippen LogP contribution in [0.3, 0.4) is 0 Å². The van der Waals surface area contributed by atoms with Gasteiger partial charge in [-0.3, -0.25) is 4.99 Å². The molecule has 0 aromatic heterocycles. The van der Waals surface area contributed by atoms with Gasteiger partial charge in [0.2, 0.25) is 0 Å². The van der Waals surface area contributed by atoms with Crippen molar-refractivity contribution in [2.24, 2.45) is 4.99 Å². The highest BCUT2D eigenvalue weighted by Crippen LogP contribution is 2.31. The van der Waals surface area contributed by atoms with E-state index in [4.69, 9.17) is 4.74 Å². The number of fused-ring (bicyclic) bond motifs is 1. The third-order valence-corrected chi connectivity index (χ3v) is 2.65. The van der Waals surface area contributed by atoms with Crippen LogP contribution in [0.5, 0.6) is 0 Å². The van der Waals surface area contributed by atoms with Crippen LogP contribution in [0.25, 0.3) is 0 Å². The number of ether oxygens (including phenoxy) is 1. The Kier molecular flexibility index (Phi) is 2.44. The average Bonchev–Trinajstić information content (AvgIpc) is 2.17. The molecule has 0 amide bonds. The zero-order valence-electron chi connectivity index (χ0n) is 8.92. The van der Waals surface area contributed by atoms with Crippen LogP contribution in [-0.4, -0.2) is 11.8 Å². The van der Waals surface area contributed by atoms with Gasteiger partial charge in [-0.1, -0.05) is 19.4 Å². The Morgan fingerprint density at radius 1 is 1.43 bits per heavy atom. The van der Waals surface area contributed by atoms with Gasteiger partial charge in [-0.05, 0) is 32.3 Å². The summed E-state index contributed by atoms with van der Waals surface area (Å²) in [5, 5.41) is 0. The number of aliphatic imine (C=N–C) groups is 1. The lowest BCUT2D eigenvalue weighted by molar-refractivity contribution is 0.0731. The standard InChI is InChI=1S/C12H17NO/c1-3-8-12(2)9-13-10-6-4-5-7-11(10)14-12/h6-7,9H,3-5,8H2,1-2H3. The van der Waals surface area contributed by atoms with Gasteiger partial charge >= 0.3 is 0 Å². The molecule has 0 radical (unpaired) electrons. The fraction of sp³-hybridized carbons (Fsp3) is 0.583. The molecule has 2 rings (SSSR count). The molecule has 0 aromatic carbocycles. The molecule has 0 N–H and O–H groups in total. The van der Waals surface area contributed by atoms with Gasteiger partial charge in [0.15, 0.2) is 0 Å². The Morgan fingerprint density at radius 3 is 3.00 bits per heavy atom. The number of rotatable bonds is 2. The lowest BCUT2D eigenvalue weighted by Gasteiger charge is -2.32. The van der Waals surface area contributed by atoms with Gasteiger partial charge in [-0.2, -0.15) is 0 Å². The maximum Gasteiger partial charge on any atom is 0.142 e. The van der Waals surface area contributed by atoms with Crippen molar-refractivity contribution >= 4 is 6.21 Å². The van der Waals surface area contributed by atoms with Crippen LogP contribution in [-0.2, 0) is 4.74 Å². The lowest BCUT2D eigenvalue weighted by Crippen LogP contribution is -2.33. The molecule has 2 aliphatic rings. The van der Waals surface area contributed by atoms with Gasteiger partial charge < -0.3 is 4.74 Å². The van der Waals surface area contributed by atoms with Gasteiger partial charge in [0, 0.05) is 6.21 Å². The summed E-state index contributed by atoms with van der Waals surface area (Å²) in [7, 11) is 0. The van der Waals surface area contributed by atoms with Crippen LogP contribution in [0.15, 0.2) is 28.6 Å². The summed E-state index contributed by atoms with van der Waals surface area (Å²) in [5.41, 5.74) is 0.833. The monoisotopic (exact) mass is 191 g/mol. The predicted octanol–water partition coefficient (Wildman–Crippen LogP) is 3.21. The molecule has 0 aromatic rings. The van der Waals surface area contributed by atoms with E-state index in [1.807, 2.05) is 6.21 Å². The van der Waals surface area contributed by atoms with E-state index in [1.54, 1.807) is 0 Å². The second-order valence-corrected chi connectivity index (χ2v) is 4.16. The van der Waals surface area contributed by atoms with Gasteiger partial charge in [0.05, 0.1) is 0 Å². The molecule has 0 saturated carbocycles. The molecule has 14 heavy (non-hydrogen) atoms. The van der Waals surface area contributed by atoms with Crippen molar-refractivity contribution in [3.63, 3.8) is 0 Å². The minimum Gasteiger partial charge on any atom is -0.480 e. The van der Waals surface area contributed by atoms with Crippen LogP contribution in [0.1, 0.15) is 39.5 Å². The fourth-order valence-corrected chi connectivity index (χ4v) is 1.95. The van der Waals surface area contributed by atoms with E-state index in [9.17, 15) is 0 Å². The summed E-state index contributed by atoms with van der Waals surface area (Å²) in [6.07, 6.45) is 10.6. The second-order valence-electron chi connectivity index (χ2n) is 4.16. The van der Waals surface area contributed by atoms with E-state index in [0.29, 0.717) is 0 Å². The van der Waals surface area contributed by atoms with Crippen molar-refractivity contribution in [3.8, 4) is 0 Å². The van der Waals surface area contributed by atoms with E-state index >= 15 is 0 Å². The van der Waals surface area contributed by atoms with Crippen molar-refractivity contribution < 1.29 is 4.74 Å². The Hall–Kier alpha value is -1.05. The molecule has 0 fully saturated rings. The van der Waals surface area contributed by atoms with E-state index in [2.05, 4.69) is 31.0 Å². The smallest absolute Gasteiger partial charge is 0.142 e. The SMILES string of the molecule is CCCC1(C)C=NC2=CCCC=C2O1. The van der Waals surface area contributed by atoms with Crippen molar-refractivity contribution in [1.29, 1.82) is 0 Å². The number of nitrogens with zero attached hydrogens (tertiary/aromatic N) is 1. The van der Waals surface area contributed by atoms with Crippen LogP contribution in [0.4, 0.5) is 0 Å². The minimum absolute atomic E-state index is 0.185. The van der Waals surface area contributed by atoms with Crippen LogP contribution in [0.2, 0.25) is 0 Å². The molecule has 0 saturated heterocycles. The molecular weight excluding hydrogens is 174 g/mol. The van der Waals surface area contributed by atoms with Gasteiger partial charge in [-0.15, -0.1) is 0 Å². The molecule has 0 bridgehead atoms. The Morgan fingerprint density at radius 2 is 2.21 bits per heavy atom. The predicted molar refractivity (Wildman–Crippen MR) is 58.3 cm³/mol. The molecule has 1 atom stereocenters. The number of allylic oxidation sites excluding steroid dienone is 2. The summed E-state index contributed by atoms with van der Waals surface area (Å²) < 4.78 is 5.96. The average molecular weight is 191 g/mol. The van der Waals surface area contributed by atoms with E-state index in [1.165, 1.54) is 0 Å². The lowest BCUT2D eigenvalue weighted by atomic mass is 9.99. The number of hydrogen-bond acceptors (Lipinski definition) is 2. The van der Waals surface area contributed by atoms with Gasteiger partial charge in [0.25, 0.3) is 0 Å². The van der Waals surface area contributed by atoms with Crippen LogP contribution in [0, 0.1) is 0 Å². The van der Waals surface area contributed by atoms with Crippen LogP contribution >= 0.6 is 0 Å². The van der Waals surface area contributed by atoms with Crippen molar-refractivity contribution in [2.75, 3.05) is 0 Å². The first-order chi connectivity index (χ1) is 6.73. The Labute approximate surface area is 85.4 Å². The quantitative estimate of drug-likeness (QED) is 0.656. The highest BCUT2D eigenvalue weighted by molar-refractivity contribution is 5.72. The highest BCUT2D eigenvalue weighted by Gasteiger charge is 2.29. The largest absolute Gasteiger partial charge is 0.480 e. The second kappa shape index (κ2) is 3.60. The zero-order valence-corrected chi connectivity index (χ0v) is 8.92. The number of hydrogen-bond donors (Lipinski definition) is 0. The molecule has 1 aliphatic carbocycles. The first-order valence-electron chi connectivity index (χ1n) is 5.38. The molecule has 0 spiro atoms. The third-order valence-electron chi connectivity index (χ3n) is 2.65. The van der Waals surface area contributed by atoms with E-state index < -0.39 is 0 Å². The Bertz CT molecular complexity index is 314. The van der Waals surface area contributed by atoms with Crippen molar-refractivity contribution in [3.05, 3.63) is 23.6 Å². The fourth-order valence-electron chi connectivity index (χ4n) is 1.95. The first kappa shape index (κ1) is 9.50.